The largest absolute Gasteiger partial charge is 0.502 e. The third-order valence-corrected chi connectivity index (χ3v) is 5.95. The highest BCUT2D eigenvalue weighted by Gasteiger charge is 2.36. The fourth-order valence-electron chi connectivity index (χ4n) is 4.20. The average Bonchev–Trinajstić information content (AvgIpc) is 2.96. The van der Waals surface area contributed by atoms with Crippen molar-refractivity contribution in [2.45, 2.75) is 19.6 Å². The van der Waals surface area contributed by atoms with E-state index in [0.29, 0.717) is 23.3 Å². The van der Waals surface area contributed by atoms with Gasteiger partial charge >= 0.3 is 0 Å². The van der Waals surface area contributed by atoms with Crippen molar-refractivity contribution in [1.29, 1.82) is 0 Å². The van der Waals surface area contributed by atoms with Gasteiger partial charge in [0.05, 0.1) is 6.54 Å². The molecule has 35 heavy (non-hydrogen) atoms. The Morgan fingerprint density at radius 2 is 1.69 bits per heavy atom. The van der Waals surface area contributed by atoms with Crippen molar-refractivity contribution in [3.8, 4) is 5.75 Å². The molecule has 1 aromatic heterocycles. The van der Waals surface area contributed by atoms with Crippen molar-refractivity contribution >= 4 is 11.8 Å². The second-order valence-electron chi connectivity index (χ2n) is 8.17. The van der Waals surface area contributed by atoms with Gasteiger partial charge in [0, 0.05) is 37.0 Å². The van der Waals surface area contributed by atoms with Gasteiger partial charge in [-0.25, -0.2) is 17.6 Å². The van der Waals surface area contributed by atoms with Crippen molar-refractivity contribution in [1.82, 2.24) is 14.9 Å². The molecule has 0 fully saturated rings. The molecule has 2 N–H and O–H groups in total. The summed E-state index contributed by atoms with van der Waals surface area (Å²) in [5, 5.41) is 14.3. The summed E-state index contributed by atoms with van der Waals surface area (Å²) in [5.41, 5.74) is -1.49. The molecule has 0 saturated heterocycles. The lowest BCUT2D eigenvalue weighted by molar-refractivity contribution is 0.0677. The van der Waals surface area contributed by atoms with Crippen LogP contribution in [-0.4, -0.2) is 33.2 Å². The number of nitrogens with one attached hydrogen (secondary N) is 1. The molecule has 0 aliphatic carbocycles. The topological polar surface area (TPSA) is 94.9 Å². The molecule has 0 unspecified atom stereocenters. The lowest BCUT2D eigenvalue weighted by Crippen LogP contribution is -2.52. The molecule has 2 amide bonds. The number of aromatic nitrogens is 1. The van der Waals surface area contributed by atoms with E-state index in [4.69, 9.17) is 0 Å². The molecule has 2 aliphatic rings. The van der Waals surface area contributed by atoms with Crippen LogP contribution in [0, 0.1) is 23.3 Å². The van der Waals surface area contributed by atoms with Crippen molar-refractivity contribution < 1.29 is 32.3 Å². The SMILES string of the molecule is O=C(NCc1c(F)cc(F)cc1F)c1cn2c(c(O)c1=O)C(=O)N1Cc3cc(F)ccc3CN2C1. The maximum Gasteiger partial charge on any atom is 0.278 e. The van der Waals surface area contributed by atoms with Gasteiger partial charge in [-0.2, -0.15) is 0 Å². The van der Waals surface area contributed by atoms with Crippen molar-refractivity contribution in [2.75, 3.05) is 11.7 Å². The summed E-state index contributed by atoms with van der Waals surface area (Å²) in [5.74, 6) is -6.81. The summed E-state index contributed by atoms with van der Waals surface area (Å²) in [6, 6.07) is 5.02. The second-order valence-corrected chi connectivity index (χ2v) is 8.17. The van der Waals surface area contributed by atoms with E-state index in [1.807, 2.05) is 0 Å². The summed E-state index contributed by atoms with van der Waals surface area (Å²) in [6.45, 7) is -0.458. The number of pyridine rings is 1. The summed E-state index contributed by atoms with van der Waals surface area (Å²) in [4.78, 5) is 39.8. The smallest absolute Gasteiger partial charge is 0.278 e. The zero-order valence-electron chi connectivity index (χ0n) is 17.8. The number of amides is 2. The molecule has 0 radical (unpaired) electrons. The lowest BCUT2D eigenvalue weighted by atomic mass is 10.1. The zero-order valence-corrected chi connectivity index (χ0v) is 17.8. The van der Waals surface area contributed by atoms with E-state index in [1.54, 1.807) is 11.1 Å². The Labute approximate surface area is 194 Å². The van der Waals surface area contributed by atoms with Gasteiger partial charge in [-0.15, -0.1) is 0 Å². The van der Waals surface area contributed by atoms with Crippen LogP contribution in [-0.2, 0) is 19.6 Å². The molecular weight excluding hydrogens is 472 g/mol. The Balaban J connectivity index is 1.51. The van der Waals surface area contributed by atoms with Gasteiger partial charge in [0.15, 0.2) is 11.4 Å². The van der Waals surface area contributed by atoms with Crippen LogP contribution < -0.4 is 15.8 Å². The van der Waals surface area contributed by atoms with Crippen LogP contribution in [0.2, 0.25) is 0 Å². The normalized spacial score (nSPS) is 14.3. The molecule has 12 heteroatoms. The van der Waals surface area contributed by atoms with Gasteiger partial charge in [-0.1, -0.05) is 6.07 Å². The first-order chi connectivity index (χ1) is 16.6. The first-order valence-corrected chi connectivity index (χ1v) is 10.4. The van der Waals surface area contributed by atoms with Crippen molar-refractivity contribution in [2.24, 2.45) is 0 Å². The lowest BCUT2D eigenvalue weighted by Gasteiger charge is -2.37. The molecule has 2 aliphatic heterocycles. The van der Waals surface area contributed by atoms with Crippen LogP contribution in [0.3, 0.4) is 0 Å². The van der Waals surface area contributed by atoms with Crippen LogP contribution in [0.4, 0.5) is 17.6 Å². The highest BCUT2D eigenvalue weighted by atomic mass is 19.1. The minimum atomic E-state index is -1.22. The van der Waals surface area contributed by atoms with Crippen LogP contribution in [0.25, 0.3) is 0 Å². The monoisotopic (exact) mass is 488 g/mol. The summed E-state index contributed by atoms with van der Waals surface area (Å²) in [7, 11) is 0. The Morgan fingerprint density at radius 3 is 2.40 bits per heavy atom. The quantitative estimate of drug-likeness (QED) is 0.551. The summed E-state index contributed by atoms with van der Waals surface area (Å²) < 4.78 is 55.8. The molecule has 0 saturated carbocycles. The fourth-order valence-corrected chi connectivity index (χ4v) is 4.20. The Bertz CT molecular complexity index is 1450. The highest BCUT2D eigenvalue weighted by Crippen LogP contribution is 2.28. The van der Waals surface area contributed by atoms with E-state index in [2.05, 4.69) is 5.32 Å². The van der Waals surface area contributed by atoms with Crippen LogP contribution in [0.1, 0.15) is 37.5 Å². The van der Waals surface area contributed by atoms with Crippen LogP contribution >= 0.6 is 0 Å². The van der Waals surface area contributed by atoms with E-state index in [-0.39, 0.29) is 25.5 Å². The van der Waals surface area contributed by atoms with Gasteiger partial charge in [0.1, 0.15) is 35.5 Å². The molecule has 2 aromatic carbocycles. The Kier molecular flexibility index (Phi) is 5.23. The van der Waals surface area contributed by atoms with Crippen LogP contribution in [0.5, 0.6) is 5.75 Å². The van der Waals surface area contributed by atoms with Gasteiger partial charge in [0.2, 0.25) is 5.43 Å². The number of rotatable bonds is 3. The van der Waals surface area contributed by atoms with E-state index in [0.717, 1.165) is 6.20 Å². The number of hydrogen-bond acceptors (Lipinski definition) is 5. The van der Waals surface area contributed by atoms with Gasteiger partial charge in [0.25, 0.3) is 11.8 Å². The van der Waals surface area contributed by atoms with Crippen LogP contribution in [0.15, 0.2) is 41.3 Å². The molecule has 3 aromatic rings. The standard InChI is InChI=1S/C23H16F4N4O4/c24-13-2-1-11-8-30-10-29(7-12(11)3-13)23(35)19-21(33)20(32)16(9-31(19)30)22(34)28-6-15-17(26)4-14(25)5-18(15)27/h1-5,9,33H,6-8,10H2,(H,28,34). The third-order valence-electron chi connectivity index (χ3n) is 5.95. The number of hydrogen-bond donors (Lipinski definition) is 2. The third kappa shape index (κ3) is 3.76. The second kappa shape index (κ2) is 8.15. The first kappa shape index (κ1) is 22.4. The molecular formula is C23H16F4N4O4. The molecule has 2 bridgehead atoms. The number of halogens is 4. The number of carbonyl (C=O) groups is 2. The number of nitrogens with zero attached hydrogens (tertiary/aromatic N) is 3. The predicted octanol–water partition coefficient (Wildman–Crippen LogP) is 2.11. The summed E-state index contributed by atoms with van der Waals surface area (Å²) in [6.07, 6.45) is 1.05. The zero-order chi connectivity index (χ0) is 25.0. The number of fused-ring (bicyclic) bond motifs is 5. The molecule has 8 nitrogen and oxygen atoms in total. The fraction of sp³-hybridized carbons (Fsp3) is 0.174. The minimum Gasteiger partial charge on any atom is -0.502 e. The van der Waals surface area contributed by atoms with Crippen molar-refractivity contribution in [3.63, 3.8) is 0 Å². The van der Waals surface area contributed by atoms with E-state index in [1.165, 1.54) is 21.7 Å². The van der Waals surface area contributed by atoms with E-state index in [9.17, 15) is 37.1 Å². The maximum atomic E-state index is 13.9. The van der Waals surface area contributed by atoms with Gasteiger partial charge < -0.3 is 15.3 Å². The Morgan fingerprint density at radius 1 is 0.971 bits per heavy atom. The van der Waals surface area contributed by atoms with E-state index < -0.39 is 63.9 Å². The molecule has 180 valence electrons. The van der Waals surface area contributed by atoms with Gasteiger partial charge in [-0.05, 0) is 23.3 Å². The minimum absolute atomic E-state index is 0.0253. The van der Waals surface area contributed by atoms with Crippen molar-refractivity contribution in [3.05, 3.63) is 98.0 Å². The molecule has 0 atom stereocenters. The average molecular weight is 488 g/mol. The molecule has 0 spiro atoms. The maximum absolute atomic E-state index is 13.9. The predicted molar refractivity (Wildman–Crippen MR) is 113 cm³/mol. The molecule has 5 rings (SSSR count). The van der Waals surface area contributed by atoms with E-state index >= 15 is 0 Å². The number of aromatic hydroxyl groups is 1. The highest BCUT2D eigenvalue weighted by molar-refractivity contribution is 5.99. The number of carbonyl (C=O) groups excluding carboxylic acids is 2. The number of benzene rings is 2. The molecule has 3 heterocycles. The summed E-state index contributed by atoms with van der Waals surface area (Å²) >= 11 is 0. The first-order valence-electron chi connectivity index (χ1n) is 10.4. The Hall–Kier alpha value is -4.35. The van der Waals surface area contributed by atoms with Gasteiger partial charge in [-0.3, -0.25) is 24.1 Å².